The number of carbonyl (C=O) groups is 5. The Morgan fingerprint density at radius 1 is 0.829 bits per heavy atom. The van der Waals surface area contributed by atoms with E-state index in [1.54, 1.807) is 24.3 Å². The molecule has 0 fully saturated rings. The molecule has 3 unspecified atom stereocenters. The Labute approximate surface area is 200 Å². The maximum absolute atomic E-state index is 12.0. The minimum absolute atomic E-state index is 0.405. The summed E-state index contributed by atoms with van der Waals surface area (Å²) in [6.45, 7) is 1.28. The van der Waals surface area contributed by atoms with Crippen LogP contribution in [0.5, 0.6) is 0 Å². The molecule has 1 aromatic rings. The Bertz CT molecular complexity index is 949. The molecule has 3 atom stereocenters. The maximum Gasteiger partial charge on any atom is 0.321 e. The van der Waals surface area contributed by atoms with Gasteiger partial charge in [0.25, 0.3) is 0 Å². The number of carboxylic acid groups (broad SMARTS) is 5. The van der Waals surface area contributed by atoms with Crippen molar-refractivity contribution >= 4 is 35.9 Å². The zero-order chi connectivity index (χ0) is 26.7. The van der Waals surface area contributed by atoms with Gasteiger partial charge in [-0.2, -0.15) is 0 Å². The number of carboxylic acids is 5. The molecule has 0 amide bonds. The molecule has 13 heteroatoms. The monoisotopic (exact) mass is 496 g/mol. The second-order valence-electron chi connectivity index (χ2n) is 7.54. The Balaban J connectivity index is 3.50. The average Bonchev–Trinajstić information content (AvgIpc) is 2.77. The summed E-state index contributed by atoms with van der Waals surface area (Å²) in [5.41, 5.74) is 0.930. The van der Waals surface area contributed by atoms with Crippen LogP contribution in [0.3, 0.4) is 0 Å². The normalized spacial score (nSPS) is 13.7. The van der Waals surface area contributed by atoms with Crippen LogP contribution in [0.4, 0.5) is 0 Å². The smallest absolute Gasteiger partial charge is 0.321 e. The van der Waals surface area contributed by atoms with Crippen molar-refractivity contribution in [3.63, 3.8) is 0 Å². The van der Waals surface area contributed by atoms with Crippen molar-refractivity contribution in [1.29, 1.82) is 0 Å². The molecule has 1 aromatic carbocycles. The quantitative estimate of drug-likeness (QED) is 0.166. The topological polar surface area (TPSA) is 213 Å². The second kappa shape index (κ2) is 13.8. The molecule has 6 N–H and O–H groups in total. The predicted octanol–water partition coefficient (Wildman–Crippen LogP) is -0.0926. The molecule has 0 bridgehead atoms. The molecule has 0 aliphatic carbocycles. The number of aliphatic hydroxyl groups excluding tert-OH is 1. The second-order valence-corrected chi connectivity index (χ2v) is 7.54. The fraction of sp³-hybridized carbons (Fsp3) is 0.409. The molecule has 0 aromatic heterocycles. The third-order valence-electron chi connectivity index (χ3n) is 5.28. The highest BCUT2D eigenvalue weighted by Gasteiger charge is 2.36. The minimum atomic E-state index is -1.75. The van der Waals surface area contributed by atoms with Crippen molar-refractivity contribution in [2.24, 2.45) is 0 Å². The number of benzene rings is 1. The lowest BCUT2D eigenvalue weighted by Crippen LogP contribution is -2.52. The van der Waals surface area contributed by atoms with Gasteiger partial charge >= 0.3 is 29.8 Å². The predicted molar refractivity (Wildman–Crippen MR) is 120 cm³/mol. The molecule has 1 rings (SSSR count). The van der Waals surface area contributed by atoms with E-state index in [0.29, 0.717) is 11.1 Å². The molecular formula is C22H28N2O11. The first-order chi connectivity index (χ1) is 16.4. The number of hydrogen-bond acceptors (Lipinski definition) is 8. The van der Waals surface area contributed by atoms with Crippen LogP contribution in [-0.4, -0.2) is 109 Å². The Morgan fingerprint density at radius 3 is 1.83 bits per heavy atom. The third kappa shape index (κ3) is 8.81. The van der Waals surface area contributed by atoms with E-state index in [9.17, 15) is 49.5 Å². The van der Waals surface area contributed by atoms with Gasteiger partial charge in [-0.15, -0.1) is 0 Å². The summed E-state index contributed by atoms with van der Waals surface area (Å²) in [7, 11) is 0. The molecule has 0 spiro atoms. The first-order valence-corrected chi connectivity index (χ1v) is 10.4. The van der Waals surface area contributed by atoms with Crippen LogP contribution >= 0.6 is 0 Å². The van der Waals surface area contributed by atoms with Gasteiger partial charge in [0, 0.05) is 13.1 Å². The Hall–Kier alpha value is -3.81. The van der Waals surface area contributed by atoms with Crippen LogP contribution in [0.2, 0.25) is 0 Å². The summed E-state index contributed by atoms with van der Waals surface area (Å²) in [6, 6.07) is 1.98. The highest BCUT2D eigenvalue weighted by molar-refractivity contribution is 5.82. The Kier molecular flexibility index (Phi) is 11.5. The first-order valence-electron chi connectivity index (χ1n) is 10.4. The molecule has 0 radical (unpaired) electrons. The number of rotatable bonds is 17. The molecular weight excluding hydrogens is 468 g/mol. The molecule has 0 aliphatic heterocycles. The SMILES string of the molecule is C=Cc1ccccc1C(CO)N(CCN(CC(=O)O)C(CC(=O)O)C(=O)O)C(CC(=O)O)C(=O)O. The van der Waals surface area contributed by atoms with E-state index in [4.69, 9.17) is 5.11 Å². The van der Waals surface area contributed by atoms with Gasteiger partial charge < -0.3 is 30.6 Å². The van der Waals surface area contributed by atoms with Gasteiger partial charge in [-0.1, -0.05) is 36.9 Å². The minimum Gasteiger partial charge on any atom is -0.481 e. The molecule has 0 aliphatic rings. The largest absolute Gasteiger partial charge is 0.481 e. The third-order valence-corrected chi connectivity index (χ3v) is 5.28. The molecule has 13 nitrogen and oxygen atoms in total. The number of aliphatic hydroxyl groups is 1. The van der Waals surface area contributed by atoms with Crippen LogP contribution in [0.25, 0.3) is 6.08 Å². The van der Waals surface area contributed by atoms with E-state index < -0.39 is 87.1 Å². The van der Waals surface area contributed by atoms with Crippen molar-refractivity contribution in [3.05, 3.63) is 42.0 Å². The highest BCUT2D eigenvalue weighted by Crippen LogP contribution is 2.28. The van der Waals surface area contributed by atoms with Gasteiger partial charge in [0.2, 0.25) is 0 Å². The van der Waals surface area contributed by atoms with Gasteiger partial charge in [0.15, 0.2) is 0 Å². The van der Waals surface area contributed by atoms with Gasteiger partial charge in [0.05, 0.1) is 32.0 Å². The van der Waals surface area contributed by atoms with Crippen LogP contribution in [0, 0.1) is 0 Å². The first kappa shape index (κ1) is 29.2. The van der Waals surface area contributed by atoms with E-state index >= 15 is 0 Å². The summed E-state index contributed by atoms with van der Waals surface area (Å²) < 4.78 is 0. The average molecular weight is 496 g/mol. The van der Waals surface area contributed by atoms with Crippen molar-refractivity contribution in [2.45, 2.75) is 31.0 Å². The van der Waals surface area contributed by atoms with E-state index in [0.717, 1.165) is 9.80 Å². The number of nitrogens with zero attached hydrogens (tertiary/aromatic N) is 2. The highest BCUT2D eigenvalue weighted by atomic mass is 16.4. The zero-order valence-electron chi connectivity index (χ0n) is 18.7. The molecule has 0 saturated heterocycles. The maximum atomic E-state index is 12.0. The van der Waals surface area contributed by atoms with Crippen LogP contribution in [-0.2, 0) is 24.0 Å². The van der Waals surface area contributed by atoms with Crippen LogP contribution in [0.15, 0.2) is 30.8 Å². The van der Waals surface area contributed by atoms with Crippen molar-refractivity contribution < 1.29 is 54.6 Å². The fourth-order valence-corrected chi connectivity index (χ4v) is 3.72. The van der Waals surface area contributed by atoms with Gasteiger partial charge in [0.1, 0.15) is 12.1 Å². The standard InChI is InChI=1S/C22H28N2O11/c1-2-13-5-3-4-6-14(13)17(12-25)24(16(22(34)35)10-19(28)29)8-7-23(11-20(30)31)15(21(32)33)9-18(26)27/h2-6,15-17,25H,1,7-12H2,(H,26,27)(H,28,29)(H,30,31)(H,32,33)(H,34,35). The van der Waals surface area contributed by atoms with Crippen LogP contribution in [0.1, 0.15) is 30.0 Å². The number of aliphatic carboxylic acids is 5. The zero-order valence-corrected chi connectivity index (χ0v) is 18.7. The van der Waals surface area contributed by atoms with Crippen molar-refractivity contribution in [2.75, 3.05) is 26.2 Å². The van der Waals surface area contributed by atoms with E-state index in [1.807, 2.05) is 0 Å². The summed E-state index contributed by atoms with van der Waals surface area (Å²) >= 11 is 0. The Morgan fingerprint density at radius 2 is 1.37 bits per heavy atom. The molecule has 0 saturated carbocycles. The van der Waals surface area contributed by atoms with E-state index in [1.165, 1.54) is 6.08 Å². The van der Waals surface area contributed by atoms with Crippen LogP contribution < -0.4 is 0 Å². The van der Waals surface area contributed by atoms with Gasteiger partial charge in [-0.3, -0.25) is 33.8 Å². The summed E-state index contributed by atoms with van der Waals surface area (Å²) in [5, 5.41) is 56.9. The number of hydrogen-bond donors (Lipinski definition) is 6. The summed E-state index contributed by atoms with van der Waals surface area (Å²) in [4.78, 5) is 59.5. The van der Waals surface area contributed by atoms with Gasteiger partial charge in [-0.05, 0) is 11.1 Å². The van der Waals surface area contributed by atoms with E-state index in [-0.39, 0.29) is 0 Å². The van der Waals surface area contributed by atoms with E-state index in [2.05, 4.69) is 6.58 Å². The molecule has 192 valence electrons. The lowest BCUT2D eigenvalue weighted by molar-refractivity contribution is -0.154. The lowest BCUT2D eigenvalue weighted by Gasteiger charge is -2.37. The van der Waals surface area contributed by atoms with Crippen molar-refractivity contribution in [1.82, 2.24) is 9.80 Å². The summed E-state index contributed by atoms with van der Waals surface area (Å²) in [5.74, 6) is -7.53. The molecule has 35 heavy (non-hydrogen) atoms. The van der Waals surface area contributed by atoms with Crippen molar-refractivity contribution in [3.8, 4) is 0 Å². The summed E-state index contributed by atoms with van der Waals surface area (Å²) in [6.07, 6.45) is -0.353. The fourth-order valence-electron chi connectivity index (χ4n) is 3.72. The van der Waals surface area contributed by atoms with Gasteiger partial charge in [-0.25, -0.2) is 0 Å². The lowest BCUT2D eigenvalue weighted by atomic mass is 9.97. The molecule has 0 heterocycles.